The monoisotopic (exact) mass is 325 g/mol. The van der Waals surface area contributed by atoms with Crippen molar-refractivity contribution < 1.29 is 4.79 Å². The van der Waals surface area contributed by atoms with Crippen molar-refractivity contribution in [2.24, 2.45) is 11.1 Å². The molecule has 1 heterocycles. The van der Waals surface area contributed by atoms with Gasteiger partial charge < -0.3 is 11.1 Å². The summed E-state index contributed by atoms with van der Waals surface area (Å²) in [4.78, 5) is 16.2. The van der Waals surface area contributed by atoms with Crippen LogP contribution in [0, 0.1) is 5.41 Å². The van der Waals surface area contributed by atoms with Crippen molar-refractivity contribution in [1.29, 1.82) is 0 Å². The summed E-state index contributed by atoms with van der Waals surface area (Å²) >= 11 is 3.27. The average molecular weight is 326 g/mol. The quantitative estimate of drug-likeness (QED) is 0.836. The van der Waals surface area contributed by atoms with Gasteiger partial charge in [0, 0.05) is 6.42 Å². The first-order valence-corrected chi connectivity index (χ1v) is 7.54. The molecule has 0 spiro atoms. The number of halogens is 1. The summed E-state index contributed by atoms with van der Waals surface area (Å²) in [6.45, 7) is 0.596. The van der Waals surface area contributed by atoms with Gasteiger partial charge in [0.25, 0.3) is 0 Å². The smallest absolute Gasteiger partial charge is 0.225 e. The summed E-state index contributed by atoms with van der Waals surface area (Å²) in [7, 11) is 0. The fourth-order valence-corrected chi connectivity index (χ4v) is 2.98. The summed E-state index contributed by atoms with van der Waals surface area (Å²) in [6, 6.07) is 3.65. The number of anilines is 1. The van der Waals surface area contributed by atoms with Crippen LogP contribution in [0.5, 0.6) is 0 Å². The van der Waals surface area contributed by atoms with Gasteiger partial charge in [-0.3, -0.25) is 4.79 Å². The number of pyridine rings is 1. The molecule has 0 saturated heterocycles. The molecular weight excluding hydrogens is 306 g/mol. The fourth-order valence-electron chi connectivity index (χ4n) is 2.75. The lowest BCUT2D eigenvalue weighted by Gasteiger charge is -2.35. The van der Waals surface area contributed by atoms with Crippen molar-refractivity contribution in [3.8, 4) is 0 Å². The van der Waals surface area contributed by atoms with Crippen molar-refractivity contribution in [3.63, 3.8) is 0 Å². The minimum Gasteiger partial charge on any atom is -0.330 e. The van der Waals surface area contributed by atoms with E-state index in [4.69, 9.17) is 5.73 Å². The van der Waals surface area contributed by atoms with E-state index in [1.165, 1.54) is 19.3 Å². The van der Waals surface area contributed by atoms with Crippen LogP contribution < -0.4 is 11.1 Å². The van der Waals surface area contributed by atoms with E-state index in [-0.39, 0.29) is 11.3 Å². The molecule has 3 N–H and O–H groups in total. The first-order chi connectivity index (χ1) is 9.13. The van der Waals surface area contributed by atoms with Gasteiger partial charge in [-0.05, 0) is 52.9 Å². The molecule has 19 heavy (non-hydrogen) atoms. The van der Waals surface area contributed by atoms with E-state index in [2.05, 4.69) is 26.2 Å². The molecule has 1 aromatic rings. The summed E-state index contributed by atoms with van der Waals surface area (Å²) in [6.07, 6.45) is 7.93. The number of amides is 1. The Morgan fingerprint density at radius 1 is 1.37 bits per heavy atom. The number of hydrogen-bond donors (Lipinski definition) is 2. The van der Waals surface area contributed by atoms with E-state index in [0.29, 0.717) is 13.0 Å². The maximum Gasteiger partial charge on any atom is 0.225 e. The van der Waals surface area contributed by atoms with Crippen LogP contribution in [0.1, 0.15) is 38.5 Å². The summed E-state index contributed by atoms with van der Waals surface area (Å²) < 4.78 is 0.760. The highest BCUT2D eigenvalue weighted by Crippen LogP contribution is 2.38. The molecule has 104 valence electrons. The molecule has 0 radical (unpaired) electrons. The lowest BCUT2D eigenvalue weighted by Crippen LogP contribution is -2.36. The Hall–Kier alpha value is -0.940. The van der Waals surface area contributed by atoms with Gasteiger partial charge in [-0.25, -0.2) is 4.98 Å². The van der Waals surface area contributed by atoms with Gasteiger partial charge in [-0.15, -0.1) is 0 Å². The van der Waals surface area contributed by atoms with Gasteiger partial charge in [0.2, 0.25) is 5.91 Å². The van der Waals surface area contributed by atoms with Crippen LogP contribution in [0.25, 0.3) is 0 Å². The van der Waals surface area contributed by atoms with Gasteiger partial charge in [0.1, 0.15) is 4.60 Å². The Morgan fingerprint density at radius 2 is 2.11 bits per heavy atom. The fraction of sp³-hybridized carbons (Fsp3) is 0.571. The third kappa shape index (κ3) is 4.01. The second-order valence-electron chi connectivity index (χ2n) is 5.36. The Balaban J connectivity index is 1.94. The largest absolute Gasteiger partial charge is 0.330 e. The molecule has 0 aliphatic heterocycles. The lowest BCUT2D eigenvalue weighted by molar-refractivity contribution is -0.118. The molecule has 1 saturated carbocycles. The predicted octanol–water partition coefficient (Wildman–Crippen LogP) is 3.08. The van der Waals surface area contributed by atoms with E-state index in [1.54, 1.807) is 6.20 Å². The van der Waals surface area contributed by atoms with Gasteiger partial charge in [0.05, 0.1) is 11.9 Å². The summed E-state index contributed by atoms with van der Waals surface area (Å²) in [5, 5.41) is 2.90. The highest BCUT2D eigenvalue weighted by Gasteiger charge is 2.32. The van der Waals surface area contributed by atoms with Crippen molar-refractivity contribution in [1.82, 2.24) is 4.98 Å². The molecule has 1 amide bonds. The van der Waals surface area contributed by atoms with Crippen LogP contribution in [0.3, 0.4) is 0 Å². The van der Waals surface area contributed by atoms with E-state index < -0.39 is 0 Å². The number of aromatic nitrogens is 1. The van der Waals surface area contributed by atoms with E-state index >= 15 is 0 Å². The van der Waals surface area contributed by atoms with Crippen LogP contribution in [0.15, 0.2) is 22.9 Å². The maximum atomic E-state index is 12.1. The second-order valence-corrected chi connectivity index (χ2v) is 6.17. The van der Waals surface area contributed by atoms with Crippen LogP contribution in [-0.4, -0.2) is 17.4 Å². The standard InChI is InChI=1S/C14H20BrN3O/c15-12-5-4-11(9-17-12)18-13(19)8-14(10-16)6-2-1-3-7-14/h4-5,9H,1-3,6-8,10,16H2,(H,18,19). The number of nitrogens with one attached hydrogen (secondary N) is 1. The molecule has 0 unspecified atom stereocenters. The van der Waals surface area contributed by atoms with E-state index in [9.17, 15) is 4.79 Å². The maximum absolute atomic E-state index is 12.1. The zero-order chi connectivity index (χ0) is 13.7. The summed E-state index contributed by atoms with van der Waals surface area (Å²) in [5.74, 6) is 0.0384. The molecular formula is C14H20BrN3O. The third-order valence-electron chi connectivity index (χ3n) is 3.89. The predicted molar refractivity (Wildman–Crippen MR) is 79.8 cm³/mol. The highest BCUT2D eigenvalue weighted by atomic mass is 79.9. The van der Waals surface area contributed by atoms with Crippen molar-refractivity contribution >= 4 is 27.5 Å². The molecule has 4 nitrogen and oxygen atoms in total. The first-order valence-electron chi connectivity index (χ1n) is 6.75. The van der Waals surface area contributed by atoms with Crippen LogP contribution >= 0.6 is 15.9 Å². The van der Waals surface area contributed by atoms with Gasteiger partial charge in [-0.2, -0.15) is 0 Å². The lowest BCUT2D eigenvalue weighted by atomic mass is 9.71. The van der Waals surface area contributed by atoms with Crippen LogP contribution in [-0.2, 0) is 4.79 Å². The second kappa shape index (κ2) is 6.48. The number of hydrogen-bond acceptors (Lipinski definition) is 3. The zero-order valence-electron chi connectivity index (χ0n) is 11.0. The molecule has 0 aromatic carbocycles. The molecule has 1 fully saturated rings. The van der Waals surface area contributed by atoms with Crippen LogP contribution in [0.4, 0.5) is 5.69 Å². The number of nitrogens with zero attached hydrogens (tertiary/aromatic N) is 1. The SMILES string of the molecule is NCC1(CC(=O)Nc2ccc(Br)nc2)CCCCC1. The first kappa shape index (κ1) is 14.5. The minimum absolute atomic E-state index is 0.00508. The Morgan fingerprint density at radius 3 is 2.68 bits per heavy atom. The topological polar surface area (TPSA) is 68.0 Å². The molecule has 0 atom stereocenters. The highest BCUT2D eigenvalue weighted by molar-refractivity contribution is 9.10. The molecule has 1 aliphatic rings. The van der Waals surface area contributed by atoms with Gasteiger partial charge in [0.15, 0.2) is 0 Å². The van der Waals surface area contributed by atoms with Gasteiger partial charge >= 0.3 is 0 Å². The minimum atomic E-state index is 0.00508. The Labute approximate surface area is 122 Å². The Kier molecular flexibility index (Phi) is 4.93. The number of carbonyl (C=O) groups excluding carboxylic acids is 1. The molecule has 1 aromatic heterocycles. The van der Waals surface area contributed by atoms with E-state index in [0.717, 1.165) is 23.1 Å². The van der Waals surface area contributed by atoms with Crippen molar-refractivity contribution in [2.45, 2.75) is 38.5 Å². The van der Waals surface area contributed by atoms with Crippen molar-refractivity contribution in [2.75, 3.05) is 11.9 Å². The van der Waals surface area contributed by atoms with E-state index in [1.807, 2.05) is 12.1 Å². The average Bonchev–Trinajstić information content (AvgIpc) is 2.42. The van der Waals surface area contributed by atoms with Crippen LogP contribution in [0.2, 0.25) is 0 Å². The summed E-state index contributed by atoms with van der Waals surface area (Å²) in [5.41, 5.74) is 6.64. The molecule has 5 heteroatoms. The molecule has 2 rings (SSSR count). The van der Waals surface area contributed by atoms with Crippen molar-refractivity contribution in [3.05, 3.63) is 22.9 Å². The number of rotatable bonds is 4. The molecule has 0 bridgehead atoms. The normalized spacial score (nSPS) is 18.0. The number of nitrogens with two attached hydrogens (primary N) is 1. The molecule has 1 aliphatic carbocycles. The Bertz CT molecular complexity index is 427. The number of carbonyl (C=O) groups is 1. The van der Waals surface area contributed by atoms with Gasteiger partial charge in [-0.1, -0.05) is 19.3 Å². The zero-order valence-corrected chi connectivity index (χ0v) is 12.6. The third-order valence-corrected chi connectivity index (χ3v) is 4.36.